The fourth-order valence-electron chi connectivity index (χ4n) is 3.46. The third-order valence-electron chi connectivity index (χ3n) is 4.66. The number of nitrogens with one attached hydrogen (secondary N) is 1. The van der Waals surface area contributed by atoms with Gasteiger partial charge in [0.1, 0.15) is 0 Å². The molecule has 2 aromatic rings. The summed E-state index contributed by atoms with van der Waals surface area (Å²) in [6.45, 7) is 3.36. The maximum absolute atomic E-state index is 3.83. The molecule has 21 heavy (non-hydrogen) atoms. The molecule has 0 radical (unpaired) electrons. The molecule has 1 aliphatic carbocycles. The van der Waals surface area contributed by atoms with Crippen molar-refractivity contribution in [1.82, 2.24) is 5.32 Å². The summed E-state index contributed by atoms with van der Waals surface area (Å²) in [5.74, 6) is 0.903. The molecule has 1 N–H and O–H groups in total. The van der Waals surface area contributed by atoms with Crippen molar-refractivity contribution >= 4 is 22.7 Å². The molecule has 0 amide bonds. The largest absolute Gasteiger partial charge is 0.309 e. The second kappa shape index (κ2) is 7.57. The van der Waals surface area contributed by atoms with Gasteiger partial charge < -0.3 is 5.32 Å². The lowest BCUT2D eigenvalue weighted by Crippen LogP contribution is -2.36. The Labute approximate surface area is 136 Å². The lowest BCUT2D eigenvalue weighted by atomic mass is 9.83. The minimum Gasteiger partial charge on any atom is -0.309 e. The van der Waals surface area contributed by atoms with Crippen molar-refractivity contribution in [2.45, 2.75) is 58.0 Å². The number of thiophene rings is 2. The quantitative estimate of drug-likeness (QED) is 0.696. The first-order chi connectivity index (χ1) is 10.4. The van der Waals surface area contributed by atoms with Gasteiger partial charge in [-0.3, -0.25) is 0 Å². The highest BCUT2D eigenvalue weighted by Gasteiger charge is 2.21. The highest BCUT2D eigenvalue weighted by Crippen LogP contribution is 2.30. The molecule has 3 heteroatoms. The van der Waals surface area contributed by atoms with Crippen molar-refractivity contribution in [3.63, 3.8) is 0 Å². The minimum absolute atomic E-state index is 0.706. The first kappa shape index (κ1) is 15.3. The maximum Gasteiger partial charge on any atom is 0.0351 e. The number of hydrogen-bond acceptors (Lipinski definition) is 3. The Morgan fingerprint density at radius 2 is 2.10 bits per heavy atom. The van der Waals surface area contributed by atoms with Gasteiger partial charge in [0.05, 0.1) is 0 Å². The smallest absolute Gasteiger partial charge is 0.0351 e. The lowest BCUT2D eigenvalue weighted by Gasteiger charge is -2.30. The van der Waals surface area contributed by atoms with Gasteiger partial charge in [0.2, 0.25) is 0 Å². The molecule has 114 valence electrons. The third kappa shape index (κ3) is 3.97. The van der Waals surface area contributed by atoms with E-state index in [1.54, 1.807) is 0 Å². The van der Waals surface area contributed by atoms with Gasteiger partial charge in [-0.15, -0.1) is 22.7 Å². The molecule has 1 nitrogen and oxygen atoms in total. The first-order valence-corrected chi connectivity index (χ1v) is 9.97. The molecule has 1 unspecified atom stereocenters. The normalized spacial score (nSPS) is 18.0. The van der Waals surface area contributed by atoms with Gasteiger partial charge in [-0.2, -0.15) is 0 Å². The highest BCUT2D eigenvalue weighted by molar-refractivity contribution is 7.14. The number of rotatable bonds is 6. The van der Waals surface area contributed by atoms with Crippen molar-refractivity contribution in [3.05, 3.63) is 33.8 Å². The zero-order chi connectivity index (χ0) is 14.5. The molecule has 0 bridgehead atoms. The summed E-state index contributed by atoms with van der Waals surface area (Å²) in [5, 5.41) is 8.28. The molecule has 1 atom stereocenters. The van der Waals surface area contributed by atoms with E-state index in [1.165, 1.54) is 53.8 Å². The molecular weight excluding hydrogens is 294 g/mol. The van der Waals surface area contributed by atoms with Crippen molar-refractivity contribution in [2.75, 3.05) is 0 Å². The molecule has 1 aliphatic rings. The fraction of sp³-hybridized carbons (Fsp3) is 0.556. The van der Waals surface area contributed by atoms with Crippen LogP contribution in [0.5, 0.6) is 0 Å². The van der Waals surface area contributed by atoms with E-state index in [0.717, 1.165) is 12.5 Å². The predicted octanol–water partition coefficient (Wildman–Crippen LogP) is 5.93. The van der Waals surface area contributed by atoms with Crippen molar-refractivity contribution in [3.8, 4) is 10.4 Å². The van der Waals surface area contributed by atoms with Crippen LogP contribution in [0, 0.1) is 5.92 Å². The van der Waals surface area contributed by atoms with E-state index in [9.17, 15) is 0 Å². The summed E-state index contributed by atoms with van der Waals surface area (Å²) in [6, 6.07) is 7.40. The Bertz CT molecular complexity index is 523. The van der Waals surface area contributed by atoms with Crippen molar-refractivity contribution < 1.29 is 0 Å². The average Bonchev–Trinajstić information content (AvgIpc) is 3.20. The van der Waals surface area contributed by atoms with Gasteiger partial charge in [0.25, 0.3) is 0 Å². The van der Waals surface area contributed by atoms with E-state index >= 15 is 0 Å². The molecular formula is C18H25NS2. The van der Waals surface area contributed by atoms with Crippen LogP contribution in [0.25, 0.3) is 10.4 Å². The van der Waals surface area contributed by atoms with Crippen LogP contribution in [0.4, 0.5) is 0 Å². The molecule has 3 rings (SSSR count). The van der Waals surface area contributed by atoms with Crippen LogP contribution in [0.1, 0.15) is 50.3 Å². The first-order valence-electron chi connectivity index (χ1n) is 8.21. The number of hydrogen-bond donors (Lipinski definition) is 1. The second-order valence-corrected chi connectivity index (χ2v) is 8.02. The highest BCUT2D eigenvalue weighted by atomic mass is 32.1. The van der Waals surface area contributed by atoms with Gasteiger partial charge in [0, 0.05) is 27.9 Å². The topological polar surface area (TPSA) is 12.0 Å². The standard InChI is InChI=1S/C18H25NS2/c1-2-17(14-7-4-3-5-8-14)19-12-16-11-15(13-21-16)18-9-6-10-20-18/h6,9-11,13-14,17,19H,2-5,7-8,12H2,1H3. The van der Waals surface area contributed by atoms with Crippen LogP contribution in [-0.2, 0) is 6.54 Å². The summed E-state index contributed by atoms with van der Waals surface area (Å²) in [4.78, 5) is 2.85. The van der Waals surface area contributed by atoms with Crippen LogP contribution in [0.3, 0.4) is 0 Å². The SMILES string of the molecule is CCC(NCc1cc(-c2cccs2)cs1)C1CCCCC1. The monoisotopic (exact) mass is 319 g/mol. The molecule has 2 aromatic heterocycles. The Kier molecular flexibility index (Phi) is 5.50. The second-order valence-electron chi connectivity index (χ2n) is 6.07. The van der Waals surface area contributed by atoms with Crippen molar-refractivity contribution in [2.24, 2.45) is 5.92 Å². The summed E-state index contributed by atoms with van der Waals surface area (Å²) in [7, 11) is 0. The molecule has 0 aromatic carbocycles. The van der Waals surface area contributed by atoms with Gasteiger partial charge in [-0.25, -0.2) is 0 Å². The molecule has 0 aliphatic heterocycles. The van der Waals surface area contributed by atoms with E-state index < -0.39 is 0 Å². The Balaban J connectivity index is 1.56. The molecule has 1 saturated carbocycles. The molecule has 0 spiro atoms. The Hall–Kier alpha value is -0.640. The van der Waals surface area contributed by atoms with Crippen molar-refractivity contribution in [1.29, 1.82) is 0 Å². The van der Waals surface area contributed by atoms with Gasteiger partial charge >= 0.3 is 0 Å². The van der Waals surface area contributed by atoms with Crippen LogP contribution in [0.15, 0.2) is 29.0 Å². The molecule has 0 saturated heterocycles. The van der Waals surface area contributed by atoms with E-state index in [2.05, 4.69) is 41.2 Å². The van der Waals surface area contributed by atoms with E-state index in [0.29, 0.717) is 6.04 Å². The van der Waals surface area contributed by atoms with Gasteiger partial charge in [0.15, 0.2) is 0 Å². The Morgan fingerprint density at radius 3 is 2.81 bits per heavy atom. The Morgan fingerprint density at radius 1 is 1.24 bits per heavy atom. The lowest BCUT2D eigenvalue weighted by molar-refractivity contribution is 0.262. The summed E-state index contributed by atoms with van der Waals surface area (Å²) in [6.07, 6.45) is 8.43. The average molecular weight is 320 g/mol. The zero-order valence-corrected chi connectivity index (χ0v) is 14.4. The summed E-state index contributed by atoms with van der Waals surface area (Å²) in [5.41, 5.74) is 1.39. The fourth-order valence-corrected chi connectivity index (χ4v) is 5.08. The molecule has 2 heterocycles. The predicted molar refractivity (Wildman–Crippen MR) is 95.1 cm³/mol. The summed E-state index contributed by atoms with van der Waals surface area (Å²) < 4.78 is 0. The van der Waals surface area contributed by atoms with Crippen LogP contribution in [0.2, 0.25) is 0 Å². The maximum atomic E-state index is 3.83. The van der Waals surface area contributed by atoms with Crippen LogP contribution in [-0.4, -0.2) is 6.04 Å². The van der Waals surface area contributed by atoms with Crippen LogP contribution >= 0.6 is 22.7 Å². The molecule has 1 fully saturated rings. The zero-order valence-electron chi connectivity index (χ0n) is 12.8. The van der Waals surface area contributed by atoms with E-state index in [4.69, 9.17) is 0 Å². The third-order valence-corrected chi connectivity index (χ3v) is 6.51. The minimum atomic E-state index is 0.706. The van der Waals surface area contributed by atoms with E-state index in [1.807, 2.05) is 22.7 Å². The van der Waals surface area contributed by atoms with Gasteiger partial charge in [-0.05, 0) is 48.1 Å². The van der Waals surface area contributed by atoms with Gasteiger partial charge in [-0.1, -0.05) is 32.3 Å². The van der Waals surface area contributed by atoms with Crippen LogP contribution < -0.4 is 5.32 Å². The van der Waals surface area contributed by atoms with E-state index in [-0.39, 0.29) is 0 Å². The summed E-state index contributed by atoms with van der Waals surface area (Å²) >= 11 is 3.72.